The molecule has 6 nitrogen and oxygen atoms in total. The van der Waals surface area contributed by atoms with Crippen LogP contribution < -0.4 is 0 Å². The minimum atomic E-state index is -0.769. The van der Waals surface area contributed by atoms with Crippen molar-refractivity contribution in [3.63, 3.8) is 0 Å². The molecule has 0 N–H and O–H groups in total. The molecule has 0 saturated carbocycles. The smallest absolute Gasteiger partial charge is 0.306 e. The van der Waals surface area contributed by atoms with Gasteiger partial charge in [0.1, 0.15) is 13.2 Å². The quantitative estimate of drug-likeness (QED) is 0.0262. The molecule has 0 aromatic carbocycles. The normalized spacial score (nSPS) is 12.0. The second-order valence-electron chi connectivity index (χ2n) is 20.6. The molecule has 1 atom stereocenters. The lowest BCUT2D eigenvalue weighted by atomic mass is 10.0. The summed E-state index contributed by atoms with van der Waals surface area (Å²) in [4.78, 5) is 38.2. The van der Waals surface area contributed by atoms with Crippen LogP contribution in [0.25, 0.3) is 0 Å². The lowest BCUT2D eigenvalue weighted by Crippen LogP contribution is -2.30. The predicted molar refractivity (Wildman–Crippen MR) is 289 cm³/mol. The summed E-state index contributed by atoms with van der Waals surface area (Å²) in [6.45, 7) is 6.70. The van der Waals surface area contributed by atoms with Gasteiger partial charge in [-0.1, -0.05) is 290 Å². The highest BCUT2D eigenvalue weighted by atomic mass is 16.6. The van der Waals surface area contributed by atoms with Gasteiger partial charge in [0.15, 0.2) is 6.10 Å². The van der Waals surface area contributed by atoms with Crippen LogP contribution in [-0.2, 0) is 28.6 Å². The van der Waals surface area contributed by atoms with Crippen LogP contribution in [0.3, 0.4) is 0 Å². The first-order chi connectivity index (χ1) is 33.0. The van der Waals surface area contributed by atoms with Crippen LogP contribution in [0, 0.1) is 0 Å². The highest BCUT2D eigenvalue weighted by Crippen LogP contribution is 2.17. The van der Waals surface area contributed by atoms with Crippen LogP contribution in [0.2, 0.25) is 0 Å². The van der Waals surface area contributed by atoms with Crippen LogP contribution in [0.4, 0.5) is 0 Å². The summed E-state index contributed by atoms with van der Waals surface area (Å²) in [5.41, 5.74) is 0. The highest BCUT2D eigenvalue weighted by Gasteiger charge is 2.19. The van der Waals surface area contributed by atoms with E-state index >= 15 is 0 Å². The molecule has 0 amide bonds. The van der Waals surface area contributed by atoms with Gasteiger partial charge in [0.05, 0.1) is 0 Å². The minimum absolute atomic E-state index is 0.0671. The fourth-order valence-electron chi connectivity index (χ4n) is 9.21. The molecule has 0 bridgehead atoms. The zero-order valence-electron chi connectivity index (χ0n) is 45.5. The Balaban J connectivity index is 4.31. The molecule has 0 aromatic heterocycles. The average Bonchev–Trinajstić information content (AvgIpc) is 3.33. The number of hydrogen-bond donors (Lipinski definition) is 0. The van der Waals surface area contributed by atoms with Crippen LogP contribution in [0.5, 0.6) is 0 Å². The van der Waals surface area contributed by atoms with Crippen molar-refractivity contribution in [1.82, 2.24) is 0 Å². The Hall–Kier alpha value is -1.85. The molecule has 6 heteroatoms. The van der Waals surface area contributed by atoms with Crippen molar-refractivity contribution in [2.75, 3.05) is 13.2 Å². The molecule has 0 aliphatic rings. The summed E-state index contributed by atoms with van der Waals surface area (Å²) in [7, 11) is 0. The van der Waals surface area contributed by atoms with E-state index in [1.54, 1.807) is 0 Å². The van der Waals surface area contributed by atoms with E-state index in [0.717, 1.165) is 64.2 Å². The molecule has 0 radical (unpaired) electrons. The molecule has 396 valence electrons. The Morgan fingerprint density at radius 1 is 0.284 bits per heavy atom. The Kier molecular flexibility index (Phi) is 55.2. The third kappa shape index (κ3) is 55.0. The van der Waals surface area contributed by atoms with Crippen molar-refractivity contribution < 1.29 is 28.6 Å². The molecular formula is C61H116O6. The maximum Gasteiger partial charge on any atom is 0.306 e. The SMILES string of the molecule is CCCCCCCCC/C=C\CCCCCCCC(=O)O[C@H](COC(=O)CCCCCCCCCCCCCCCCC)COC(=O)CCCCCCCCCCCCCCCCCCCC. The number of unbranched alkanes of at least 4 members (excludes halogenated alkanes) is 43. The zero-order chi connectivity index (χ0) is 48.6. The number of rotatable bonds is 56. The molecule has 0 aromatic rings. The van der Waals surface area contributed by atoms with E-state index in [9.17, 15) is 14.4 Å². The number of carbonyl (C=O) groups is 3. The van der Waals surface area contributed by atoms with Gasteiger partial charge in [-0.25, -0.2) is 0 Å². The standard InChI is InChI=1S/C61H116O6/c1-4-7-10-13-16-19-22-25-28-30-31-34-36-39-42-45-48-51-54-60(63)66-57-58(56-65-59(62)53-50-47-44-41-38-35-32-27-24-21-18-15-12-9-6-3)67-61(64)55-52-49-46-43-40-37-33-29-26-23-20-17-14-11-8-5-2/h29,33,58H,4-28,30-32,34-57H2,1-3H3/b33-29-/t58-/m1/s1. The summed E-state index contributed by atoms with van der Waals surface area (Å²) in [5.74, 6) is -0.848. The van der Waals surface area contributed by atoms with Gasteiger partial charge >= 0.3 is 17.9 Å². The maximum atomic E-state index is 12.9. The van der Waals surface area contributed by atoms with Crippen molar-refractivity contribution in [3.05, 3.63) is 12.2 Å². The average molecular weight is 946 g/mol. The van der Waals surface area contributed by atoms with E-state index in [-0.39, 0.29) is 31.1 Å². The van der Waals surface area contributed by atoms with Crippen molar-refractivity contribution in [1.29, 1.82) is 0 Å². The second kappa shape index (κ2) is 56.7. The molecule has 0 heterocycles. The lowest BCUT2D eigenvalue weighted by molar-refractivity contribution is -0.167. The molecule has 0 aliphatic carbocycles. The Labute approximate surface area is 418 Å². The molecule has 67 heavy (non-hydrogen) atoms. The second-order valence-corrected chi connectivity index (χ2v) is 20.6. The van der Waals surface area contributed by atoms with Gasteiger partial charge in [0, 0.05) is 19.3 Å². The van der Waals surface area contributed by atoms with E-state index in [0.29, 0.717) is 19.3 Å². The summed E-state index contributed by atoms with van der Waals surface area (Å²) in [5, 5.41) is 0. The van der Waals surface area contributed by atoms with Gasteiger partial charge in [0.2, 0.25) is 0 Å². The van der Waals surface area contributed by atoms with Gasteiger partial charge in [-0.15, -0.1) is 0 Å². The number of hydrogen-bond acceptors (Lipinski definition) is 6. The third-order valence-corrected chi connectivity index (χ3v) is 13.8. The van der Waals surface area contributed by atoms with E-state index < -0.39 is 6.10 Å². The Morgan fingerprint density at radius 2 is 0.493 bits per heavy atom. The van der Waals surface area contributed by atoms with Gasteiger partial charge in [-0.2, -0.15) is 0 Å². The molecule has 0 rings (SSSR count). The van der Waals surface area contributed by atoms with E-state index in [2.05, 4.69) is 32.9 Å². The van der Waals surface area contributed by atoms with Crippen molar-refractivity contribution >= 4 is 17.9 Å². The predicted octanol–water partition coefficient (Wildman–Crippen LogP) is 20.1. The summed E-state index contributed by atoms with van der Waals surface area (Å²) in [6.07, 6.45) is 64.9. The first-order valence-electron chi connectivity index (χ1n) is 30.2. The van der Waals surface area contributed by atoms with E-state index in [1.165, 1.54) is 238 Å². The third-order valence-electron chi connectivity index (χ3n) is 13.8. The van der Waals surface area contributed by atoms with Crippen molar-refractivity contribution in [3.8, 4) is 0 Å². The monoisotopic (exact) mass is 945 g/mol. The highest BCUT2D eigenvalue weighted by molar-refractivity contribution is 5.71. The number of carbonyl (C=O) groups excluding carboxylic acids is 3. The summed E-state index contributed by atoms with van der Waals surface area (Å²) in [6, 6.07) is 0. The summed E-state index contributed by atoms with van der Waals surface area (Å²) >= 11 is 0. The molecule has 0 spiro atoms. The number of esters is 3. The molecule has 0 unspecified atom stereocenters. The van der Waals surface area contributed by atoms with Crippen LogP contribution in [0.15, 0.2) is 12.2 Å². The molecule has 0 aliphatic heterocycles. The molecule has 0 fully saturated rings. The Morgan fingerprint density at radius 3 is 0.746 bits per heavy atom. The Bertz CT molecular complexity index is 1040. The van der Waals surface area contributed by atoms with E-state index in [1.807, 2.05) is 0 Å². The van der Waals surface area contributed by atoms with Gasteiger partial charge in [-0.3, -0.25) is 14.4 Å². The fourth-order valence-corrected chi connectivity index (χ4v) is 9.21. The largest absolute Gasteiger partial charge is 0.462 e. The number of allylic oxidation sites excluding steroid dienone is 2. The van der Waals surface area contributed by atoms with E-state index in [4.69, 9.17) is 14.2 Å². The first-order valence-corrected chi connectivity index (χ1v) is 30.2. The maximum absolute atomic E-state index is 12.9. The van der Waals surface area contributed by atoms with Crippen LogP contribution in [-0.4, -0.2) is 37.2 Å². The van der Waals surface area contributed by atoms with Gasteiger partial charge in [0.25, 0.3) is 0 Å². The molecule has 0 saturated heterocycles. The van der Waals surface area contributed by atoms with Crippen molar-refractivity contribution in [2.45, 2.75) is 348 Å². The van der Waals surface area contributed by atoms with Crippen LogP contribution in [0.1, 0.15) is 342 Å². The lowest BCUT2D eigenvalue weighted by Gasteiger charge is -2.18. The molecular weight excluding hydrogens is 829 g/mol. The summed E-state index contributed by atoms with van der Waals surface area (Å²) < 4.78 is 16.9. The fraction of sp³-hybridized carbons (Fsp3) is 0.918. The van der Waals surface area contributed by atoms with Crippen LogP contribution >= 0.6 is 0 Å². The minimum Gasteiger partial charge on any atom is -0.462 e. The first kappa shape index (κ1) is 65.1. The topological polar surface area (TPSA) is 78.9 Å². The number of ether oxygens (including phenoxy) is 3. The van der Waals surface area contributed by atoms with Crippen molar-refractivity contribution in [2.24, 2.45) is 0 Å². The van der Waals surface area contributed by atoms with Gasteiger partial charge < -0.3 is 14.2 Å². The van der Waals surface area contributed by atoms with Gasteiger partial charge in [-0.05, 0) is 44.9 Å². The zero-order valence-corrected chi connectivity index (χ0v) is 45.5.